The van der Waals surface area contributed by atoms with Gasteiger partial charge in [0.25, 0.3) is 0 Å². The minimum Gasteiger partial charge on any atom is -0.480 e. The molecular weight excluding hydrogens is 452 g/mol. The van der Waals surface area contributed by atoms with Gasteiger partial charge in [0.15, 0.2) is 0 Å². The van der Waals surface area contributed by atoms with Gasteiger partial charge in [0.2, 0.25) is 5.91 Å². The monoisotopic (exact) mass is 480 g/mol. The summed E-state index contributed by atoms with van der Waals surface area (Å²) in [5, 5.41) is 12.3. The van der Waals surface area contributed by atoms with Gasteiger partial charge in [-0.25, -0.2) is 9.59 Å². The third-order valence-electron chi connectivity index (χ3n) is 7.16. The highest BCUT2D eigenvalue weighted by atomic mass is 32.2. The van der Waals surface area contributed by atoms with Gasteiger partial charge in [-0.3, -0.25) is 4.79 Å². The maximum Gasteiger partial charge on any atom is 0.407 e. The molecule has 3 aliphatic rings. The fraction of sp³-hybridized carbons (Fsp3) is 0.423. The Morgan fingerprint density at radius 1 is 1.03 bits per heavy atom. The fourth-order valence-electron chi connectivity index (χ4n) is 5.46. The summed E-state index contributed by atoms with van der Waals surface area (Å²) in [5.41, 5.74) is 4.74. The number of fused-ring (bicyclic) bond motifs is 3. The summed E-state index contributed by atoms with van der Waals surface area (Å²) in [4.78, 5) is 38.0. The number of aliphatic carboxylic acids is 1. The van der Waals surface area contributed by atoms with Gasteiger partial charge in [0, 0.05) is 24.1 Å². The van der Waals surface area contributed by atoms with Crippen molar-refractivity contribution in [3.63, 3.8) is 0 Å². The standard InChI is InChI=1S/C26H28N2O5S/c29-24(28-15-34-14-23(28)25(30)31)12-16-9-10-17(11-16)27-26(32)33-13-22-20-7-3-1-5-18(20)19-6-2-4-8-21(19)22/h1-8,16-17,22-23H,9-15H2,(H,27,32)(H,30,31)/t16?,17?,23-/m0/s1. The van der Waals surface area contributed by atoms with E-state index >= 15 is 0 Å². The molecular formula is C26H28N2O5S. The molecule has 1 aliphatic heterocycles. The Hall–Kier alpha value is -3.00. The minimum absolute atomic E-state index is 0.0209. The number of thioether (sulfide) groups is 1. The highest BCUT2D eigenvalue weighted by molar-refractivity contribution is 7.99. The largest absolute Gasteiger partial charge is 0.480 e. The first-order valence-electron chi connectivity index (χ1n) is 11.7. The number of carboxylic acid groups (broad SMARTS) is 1. The van der Waals surface area contributed by atoms with Crippen molar-refractivity contribution in [1.29, 1.82) is 0 Å². The molecule has 3 atom stereocenters. The van der Waals surface area contributed by atoms with E-state index in [1.165, 1.54) is 38.9 Å². The molecule has 2 aromatic rings. The summed E-state index contributed by atoms with van der Waals surface area (Å²) >= 11 is 1.47. The van der Waals surface area contributed by atoms with Crippen molar-refractivity contribution in [3.05, 3.63) is 59.7 Å². The number of rotatable bonds is 6. The number of hydrogen-bond acceptors (Lipinski definition) is 5. The predicted octanol–water partition coefficient (Wildman–Crippen LogP) is 4.07. The smallest absolute Gasteiger partial charge is 0.407 e. The van der Waals surface area contributed by atoms with E-state index in [2.05, 4.69) is 29.6 Å². The van der Waals surface area contributed by atoms with E-state index in [0.717, 1.165) is 12.8 Å². The van der Waals surface area contributed by atoms with Crippen LogP contribution in [-0.4, -0.2) is 58.3 Å². The summed E-state index contributed by atoms with van der Waals surface area (Å²) < 4.78 is 5.65. The molecule has 2 aromatic carbocycles. The number of carboxylic acids is 1. The number of carbonyl (C=O) groups is 3. The zero-order chi connectivity index (χ0) is 23.7. The normalized spacial score (nSPS) is 23.4. The lowest BCUT2D eigenvalue weighted by atomic mass is 9.98. The molecule has 178 valence electrons. The first-order chi connectivity index (χ1) is 16.5. The molecule has 2 fully saturated rings. The number of nitrogens with one attached hydrogen (secondary N) is 1. The number of carbonyl (C=O) groups excluding carboxylic acids is 2. The Balaban J connectivity index is 1.12. The molecule has 5 rings (SSSR count). The number of ether oxygens (including phenoxy) is 1. The van der Waals surface area contributed by atoms with Crippen LogP contribution in [-0.2, 0) is 14.3 Å². The lowest BCUT2D eigenvalue weighted by Crippen LogP contribution is -2.42. The maximum atomic E-state index is 12.6. The van der Waals surface area contributed by atoms with Crippen molar-refractivity contribution in [1.82, 2.24) is 10.2 Å². The third-order valence-corrected chi connectivity index (χ3v) is 8.17. The molecule has 1 heterocycles. The van der Waals surface area contributed by atoms with Crippen LogP contribution in [0.5, 0.6) is 0 Å². The van der Waals surface area contributed by atoms with E-state index in [-0.39, 0.29) is 30.4 Å². The van der Waals surface area contributed by atoms with E-state index in [9.17, 15) is 19.5 Å². The van der Waals surface area contributed by atoms with Crippen LogP contribution >= 0.6 is 11.8 Å². The molecule has 2 N–H and O–H groups in total. The molecule has 8 heteroatoms. The van der Waals surface area contributed by atoms with Crippen LogP contribution < -0.4 is 5.32 Å². The van der Waals surface area contributed by atoms with Gasteiger partial charge in [-0.1, -0.05) is 48.5 Å². The number of hydrogen-bond donors (Lipinski definition) is 2. The van der Waals surface area contributed by atoms with E-state index in [4.69, 9.17) is 4.74 Å². The molecule has 0 aromatic heterocycles. The van der Waals surface area contributed by atoms with Crippen LogP contribution in [0.3, 0.4) is 0 Å². The molecule has 34 heavy (non-hydrogen) atoms. The third kappa shape index (κ3) is 4.51. The average Bonchev–Trinajstić information content (AvgIpc) is 3.56. The van der Waals surface area contributed by atoms with Crippen LogP contribution in [0.1, 0.15) is 42.7 Å². The molecule has 0 bridgehead atoms. The Kier molecular flexibility index (Phi) is 6.50. The van der Waals surface area contributed by atoms with Gasteiger partial charge in [-0.05, 0) is 47.4 Å². The SMILES string of the molecule is O=C(NC1CCC(CC(=O)N2CSC[C@H]2C(=O)O)C1)OCC1c2ccccc2-c2ccccc21. The number of benzene rings is 2. The average molecular weight is 481 g/mol. The van der Waals surface area contributed by atoms with Gasteiger partial charge < -0.3 is 20.1 Å². The van der Waals surface area contributed by atoms with Crippen molar-refractivity contribution in [2.75, 3.05) is 18.2 Å². The number of amides is 2. The minimum atomic E-state index is -0.945. The van der Waals surface area contributed by atoms with Crippen LogP contribution in [0, 0.1) is 5.92 Å². The molecule has 0 radical (unpaired) electrons. The Labute approximate surface area is 202 Å². The van der Waals surface area contributed by atoms with Gasteiger partial charge in [0.05, 0.1) is 5.88 Å². The summed E-state index contributed by atoms with van der Waals surface area (Å²) in [6, 6.07) is 15.7. The molecule has 2 amide bonds. The highest BCUT2D eigenvalue weighted by Crippen LogP contribution is 2.44. The predicted molar refractivity (Wildman–Crippen MR) is 130 cm³/mol. The highest BCUT2D eigenvalue weighted by Gasteiger charge is 2.37. The summed E-state index contributed by atoms with van der Waals surface area (Å²) in [5.74, 6) is -0.00965. The first kappa shape index (κ1) is 22.8. The molecule has 2 aliphatic carbocycles. The van der Waals surface area contributed by atoms with Crippen LogP contribution in [0.4, 0.5) is 4.79 Å². The van der Waals surface area contributed by atoms with E-state index in [1.54, 1.807) is 0 Å². The number of alkyl carbamates (subject to hydrolysis) is 1. The second-order valence-electron chi connectivity index (χ2n) is 9.27. The van der Waals surface area contributed by atoms with E-state index in [0.29, 0.717) is 24.5 Å². The molecule has 1 saturated heterocycles. The van der Waals surface area contributed by atoms with Gasteiger partial charge >= 0.3 is 12.1 Å². The Morgan fingerprint density at radius 2 is 1.71 bits per heavy atom. The van der Waals surface area contributed by atoms with Gasteiger partial charge in [-0.15, -0.1) is 11.8 Å². The van der Waals surface area contributed by atoms with Gasteiger partial charge in [0.1, 0.15) is 12.6 Å². The Morgan fingerprint density at radius 3 is 2.38 bits per heavy atom. The molecule has 0 spiro atoms. The van der Waals surface area contributed by atoms with Crippen LogP contribution in [0.15, 0.2) is 48.5 Å². The van der Waals surface area contributed by atoms with Crippen LogP contribution in [0.2, 0.25) is 0 Å². The van der Waals surface area contributed by atoms with Crippen molar-refractivity contribution in [3.8, 4) is 11.1 Å². The summed E-state index contributed by atoms with van der Waals surface area (Å²) in [6.45, 7) is 0.275. The van der Waals surface area contributed by atoms with Crippen molar-refractivity contribution < 1.29 is 24.2 Å². The lowest BCUT2D eigenvalue weighted by Gasteiger charge is -2.22. The number of nitrogens with zero attached hydrogens (tertiary/aromatic N) is 1. The summed E-state index contributed by atoms with van der Waals surface area (Å²) in [6.07, 6.45) is 2.22. The van der Waals surface area contributed by atoms with Gasteiger partial charge in [-0.2, -0.15) is 0 Å². The molecule has 7 nitrogen and oxygen atoms in total. The zero-order valence-corrected chi connectivity index (χ0v) is 19.6. The second kappa shape index (κ2) is 9.70. The first-order valence-corrected chi connectivity index (χ1v) is 12.9. The molecule has 1 saturated carbocycles. The maximum absolute atomic E-state index is 12.6. The van der Waals surface area contributed by atoms with Crippen molar-refractivity contribution >= 4 is 29.7 Å². The van der Waals surface area contributed by atoms with E-state index < -0.39 is 18.1 Å². The quantitative estimate of drug-likeness (QED) is 0.647. The summed E-state index contributed by atoms with van der Waals surface area (Å²) in [7, 11) is 0. The lowest BCUT2D eigenvalue weighted by molar-refractivity contribution is -0.148. The van der Waals surface area contributed by atoms with Crippen LogP contribution in [0.25, 0.3) is 11.1 Å². The topological polar surface area (TPSA) is 95.9 Å². The Bertz CT molecular complexity index is 1060. The van der Waals surface area contributed by atoms with Crippen molar-refractivity contribution in [2.24, 2.45) is 5.92 Å². The second-order valence-corrected chi connectivity index (χ2v) is 10.3. The van der Waals surface area contributed by atoms with E-state index in [1.807, 2.05) is 24.3 Å². The molecule has 2 unspecified atom stereocenters. The van der Waals surface area contributed by atoms with Crippen molar-refractivity contribution in [2.45, 2.75) is 43.7 Å². The zero-order valence-electron chi connectivity index (χ0n) is 18.8. The fourth-order valence-corrected chi connectivity index (χ4v) is 6.63.